The van der Waals surface area contributed by atoms with E-state index in [-0.39, 0.29) is 11.6 Å². The number of ether oxygens (including phenoxy) is 1. The van der Waals surface area contributed by atoms with Crippen molar-refractivity contribution in [3.05, 3.63) is 66.0 Å². The van der Waals surface area contributed by atoms with Crippen molar-refractivity contribution in [2.75, 3.05) is 19.6 Å². The van der Waals surface area contributed by atoms with Gasteiger partial charge >= 0.3 is 0 Å². The summed E-state index contributed by atoms with van der Waals surface area (Å²) in [5.74, 6) is 0.554. The van der Waals surface area contributed by atoms with Crippen LogP contribution in [0, 0.1) is 5.82 Å². The second kappa shape index (κ2) is 8.82. The summed E-state index contributed by atoms with van der Waals surface area (Å²) in [5.41, 5.74) is 2.44. The Kier molecular flexibility index (Phi) is 6.24. The van der Waals surface area contributed by atoms with Crippen molar-refractivity contribution in [2.45, 2.75) is 32.6 Å². The fourth-order valence-corrected chi connectivity index (χ4v) is 3.14. The van der Waals surface area contributed by atoms with Crippen LogP contribution in [-0.2, 0) is 0 Å². The highest BCUT2D eigenvalue weighted by atomic mass is 19.1. The Balaban J connectivity index is 1.61. The number of halogens is 1. The average molecular weight is 339 g/mol. The lowest BCUT2D eigenvalue weighted by atomic mass is 10.1. The van der Waals surface area contributed by atoms with Gasteiger partial charge in [0.05, 0.1) is 0 Å². The number of rotatable bonds is 5. The van der Waals surface area contributed by atoms with Gasteiger partial charge in [-0.1, -0.05) is 43.2 Å². The molecule has 1 aliphatic rings. The van der Waals surface area contributed by atoms with Gasteiger partial charge in [0.25, 0.3) is 0 Å². The van der Waals surface area contributed by atoms with Crippen LogP contribution in [0.1, 0.15) is 38.2 Å². The van der Waals surface area contributed by atoms with Crippen LogP contribution in [0.2, 0.25) is 0 Å². The van der Waals surface area contributed by atoms with E-state index in [9.17, 15) is 4.39 Å². The molecule has 2 aromatic rings. The largest absolute Gasteiger partial charge is 0.454 e. The molecule has 25 heavy (non-hydrogen) atoms. The van der Waals surface area contributed by atoms with Crippen LogP contribution in [-0.4, -0.2) is 24.5 Å². The fourth-order valence-electron chi connectivity index (χ4n) is 3.14. The number of nitrogens with zero attached hydrogens (tertiary/aromatic N) is 1. The standard InChI is InChI=1S/C22H26FNO/c1-18(14-17-24-15-6-2-3-7-16-24)19-10-12-20(13-11-19)25-22-9-5-4-8-21(22)23/h4-5,8-14H,2-3,6-7,15-17H2,1H3. The Labute approximate surface area is 149 Å². The van der Waals surface area contributed by atoms with E-state index < -0.39 is 0 Å². The van der Waals surface area contributed by atoms with Crippen LogP contribution in [0.25, 0.3) is 5.57 Å². The van der Waals surface area contributed by atoms with Crippen LogP contribution in [0.4, 0.5) is 4.39 Å². The number of likely N-dealkylation sites (tertiary alicyclic amines) is 1. The van der Waals surface area contributed by atoms with Gasteiger partial charge in [0, 0.05) is 6.54 Å². The minimum absolute atomic E-state index is 0.253. The molecule has 0 unspecified atom stereocenters. The molecule has 1 heterocycles. The molecule has 0 atom stereocenters. The van der Waals surface area contributed by atoms with Gasteiger partial charge in [-0.15, -0.1) is 0 Å². The summed E-state index contributed by atoms with van der Waals surface area (Å²) in [6, 6.07) is 14.3. The molecule has 0 amide bonds. The highest BCUT2D eigenvalue weighted by Crippen LogP contribution is 2.25. The number of hydrogen-bond acceptors (Lipinski definition) is 2. The molecule has 0 saturated carbocycles. The zero-order valence-electron chi connectivity index (χ0n) is 14.9. The normalized spacial score (nSPS) is 16.5. The fraction of sp³-hybridized carbons (Fsp3) is 0.364. The molecule has 2 nitrogen and oxygen atoms in total. The summed E-state index contributed by atoms with van der Waals surface area (Å²) in [4.78, 5) is 2.53. The Morgan fingerprint density at radius 1 is 1.00 bits per heavy atom. The van der Waals surface area contributed by atoms with Crippen molar-refractivity contribution in [1.29, 1.82) is 0 Å². The van der Waals surface area contributed by atoms with E-state index in [1.165, 1.54) is 56.0 Å². The average Bonchev–Trinajstić information content (AvgIpc) is 2.91. The van der Waals surface area contributed by atoms with E-state index in [1.54, 1.807) is 18.2 Å². The number of para-hydroxylation sites is 1. The molecule has 0 bridgehead atoms. The third-order valence-corrected chi connectivity index (χ3v) is 4.73. The summed E-state index contributed by atoms with van der Waals surface area (Å²) in [7, 11) is 0. The third kappa shape index (κ3) is 5.17. The van der Waals surface area contributed by atoms with Crippen molar-refractivity contribution in [3.63, 3.8) is 0 Å². The molecule has 0 aromatic heterocycles. The maximum atomic E-state index is 13.7. The van der Waals surface area contributed by atoms with Crippen molar-refractivity contribution in [2.24, 2.45) is 0 Å². The Morgan fingerprint density at radius 2 is 1.68 bits per heavy atom. The summed E-state index contributed by atoms with van der Waals surface area (Å²) in [6.45, 7) is 5.57. The Morgan fingerprint density at radius 3 is 2.36 bits per heavy atom. The molecule has 1 fully saturated rings. The highest BCUT2D eigenvalue weighted by molar-refractivity contribution is 5.64. The van der Waals surface area contributed by atoms with Crippen molar-refractivity contribution in [1.82, 2.24) is 4.90 Å². The molecule has 0 N–H and O–H groups in total. The van der Waals surface area contributed by atoms with Crippen LogP contribution in [0.3, 0.4) is 0 Å². The van der Waals surface area contributed by atoms with Crippen LogP contribution in [0.15, 0.2) is 54.6 Å². The first-order chi connectivity index (χ1) is 12.2. The zero-order valence-corrected chi connectivity index (χ0v) is 14.9. The van der Waals surface area contributed by atoms with Crippen LogP contribution < -0.4 is 4.74 Å². The van der Waals surface area contributed by atoms with Crippen molar-refractivity contribution < 1.29 is 9.13 Å². The molecule has 2 aromatic carbocycles. The van der Waals surface area contributed by atoms with E-state index in [1.807, 2.05) is 24.3 Å². The molecule has 1 aliphatic heterocycles. The molecular weight excluding hydrogens is 313 g/mol. The van der Waals surface area contributed by atoms with E-state index in [2.05, 4.69) is 17.9 Å². The first kappa shape index (κ1) is 17.7. The number of allylic oxidation sites excluding steroid dienone is 1. The minimum atomic E-state index is -0.347. The predicted octanol–water partition coefficient (Wildman–Crippen LogP) is 5.90. The van der Waals surface area contributed by atoms with E-state index >= 15 is 0 Å². The van der Waals surface area contributed by atoms with Crippen LogP contribution >= 0.6 is 0 Å². The summed E-state index contributed by atoms with van der Waals surface area (Å²) < 4.78 is 19.3. The van der Waals surface area contributed by atoms with Gasteiger partial charge in [0.1, 0.15) is 5.75 Å². The predicted molar refractivity (Wildman–Crippen MR) is 101 cm³/mol. The maximum absolute atomic E-state index is 13.7. The molecule has 3 heteroatoms. The van der Waals surface area contributed by atoms with Gasteiger partial charge in [-0.05, 0) is 68.3 Å². The molecule has 132 valence electrons. The highest BCUT2D eigenvalue weighted by Gasteiger charge is 2.08. The lowest BCUT2D eigenvalue weighted by molar-refractivity contribution is 0.316. The van der Waals surface area contributed by atoms with Gasteiger partial charge in [-0.25, -0.2) is 4.39 Å². The van der Waals surface area contributed by atoms with Crippen molar-refractivity contribution in [3.8, 4) is 11.5 Å². The Hall–Kier alpha value is -2.13. The van der Waals surface area contributed by atoms with Crippen LogP contribution in [0.5, 0.6) is 11.5 Å². The molecule has 0 radical (unpaired) electrons. The molecule has 3 rings (SSSR count). The first-order valence-electron chi connectivity index (χ1n) is 9.14. The monoisotopic (exact) mass is 339 g/mol. The molecule has 0 spiro atoms. The van der Waals surface area contributed by atoms with E-state index in [4.69, 9.17) is 4.74 Å². The Bertz CT molecular complexity index is 700. The second-order valence-corrected chi connectivity index (χ2v) is 6.66. The minimum Gasteiger partial charge on any atom is -0.454 e. The lowest BCUT2D eigenvalue weighted by Crippen LogP contribution is -2.24. The first-order valence-corrected chi connectivity index (χ1v) is 9.14. The summed E-state index contributed by atoms with van der Waals surface area (Å²) >= 11 is 0. The van der Waals surface area contributed by atoms with Gasteiger partial charge in [0.2, 0.25) is 0 Å². The smallest absolute Gasteiger partial charge is 0.165 e. The molecule has 1 saturated heterocycles. The summed E-state index contributed by atoms with van der Waals surface area (Å²) in [5, 5.41) is 0. The quantitative estimate of drug-likeness (QED) is 0.672. The second-order valence-electron chi connectivity index (χ2n) is 6.66. The van der Waals surface area contributed by atoms with Crippen molar-refractivity contribution >= 4 is 5.57 Å². The van der Waals surface area contributed by atoms with Gasteiger partial charge in [-0.3, -0.25) is 4.90 Å². The van der Waals surface area contributed by atoms with Gasteiger partial charge in [0.15, 0.2) is 11.6 Å². The number of benzene rings is 2. The van der Waals surface area contributed by atoms with E-state index in [0.717, 1.165) is 6.54 Å². The third-order valence-electron chi connectivity index (χ3n) is 4.73. The maximum Gasteiger partial charge on any atom is 0.165 e. The zero-order chi connectivity index (χ0) is 17.5. The lowest BCUT2D eigenvalue weighted by Gasteiger charge is -2.18. The van der Waals surface area contributed by atoms with Gasteiger partial charge < -0.3 is 4.74 Å². The topological polar surface area (TPSA) is 12.5 Å². The number of hydrogen-bond donors (Lipinski definition) is 0. The van der Waals surface area contributed by atoms with Gasteiger partial charge in [-0.2, -0.15) is 0 Å². The van der Waals surface area contributed by atoms with E-state index in [0.29, 0.717) is 5.75 Å². The molecular formula is C22H26FNO. The SMILES string of the molecule is CC(=CCN1CCCCCC1)c1ccc(Oc2ccccc2F)cc1. The summed E-state index contributed by atoms with van der Waals surface area (Å²) in [6.07, 6.45) is 7.66. The molecule has 0 aliphatic carbocycles.